The molecule has 5 aliphatic carbocycles. The summed E-state index contributed by atoms with van der Waals surface area (Å²) in [5.41, 5.74) is 16.6. The molecule has 14 aliphatic rings. The van der Waals surface area contributed by atoms with Gasteiger partial charge in [0.15, 0.2) is 0 Å². The van der Waals surface area contributed by atoms with E-state index in [0.717, 1.165) is 170 Å². The van der Waals surface area contributed by atoms with E-state index in [9.17, 15) is 0 Å². The fourth-order valence-electron chi connectivity index (χ4n) is 12.1. The Hall–Kier alpha value is 6.79. The molecule has 0 aromatic carbocycles. The van der Waals surface area contributed by atoms with Crippen molar-refractivity contribution in [3.05, 3.63) is 0 Å². The van der Waals surface area contributed by atoms with E-state index < -0.39 is 0 Å². The Kier molecular flexibility index (Phi) is 125. The molecule has 0 aromatic rings. The molecular weight excluding hydrogens is 2120 g/mol. The molecule has 0 radical (unpaired) electrons. The predicted molar refractivity (Wildman–Crippen MR) is 718 cm³/mol. The van der Waals surface area contributed by atoms with E-state index in [4.69, 9.17) is 17.2 Å². The second kappa shape index (κ2) is 108. The van der Waals surface area contributed by atoms with E-state index in [0.29, 0.717) is 58.5 Å². The predicted octanol–water partition coefficient (Wildman–Crippen LogP) is 23.4. The van der Waals surface area contributed by atoms with Gasteiger partial charge in [-0.05, 0) is 340 Å². The lowest BCUT2D eigenvalue weighted by Crippen LogP contribution is -2.53. The Labute approximate surface area is 984 Å². The first-order valence-electron chi connectivity index (χ1n) is 53.8. The molecule has 139 heavy (non-hydrogen) atoms. The number of hydrogen-bond acceptors (Lipinski definition) is 35. The summed E-state index contributed by atoms with van der Waals surface area (Å²) in [6, 6.07) is 1.81. The van der Waals surface area contributed by atoms with Gasteiger partial charge in [0.1, 0.15) is 0 Å². The van der Waals surface area contributed by atoms with Crippen molar-refractivity contribution in [2.45, 2.75) is 397 Å². The summed E-state index contributed by atoms with van der Waals surface area (Å²) in [5.74, 6) is 13.0. The van der Waals surface area contributed by atoms with Gasteiger partial charge in [-0.2, -0.15) is 265 Å². The van der Waals surface area contributed by atoms with Gasteiger partial charge in [-0.25, -0.2) is 0 Å². The molecule has 9 saturated heterocycles. The Balaban J connectivity index is -0.000000216. The molecule has 14 nitrogen and oxygen atoms in total. The Morgan fingerprint density at radius 1 is 0.460 bits per heavy atom. The van der Waals surface area contributed by atoms with Gasteiger partial charge in [0, 0.05) is 186 Å². The summed E-state index contributed by atoms with van der Waals surface area (Å²) < 4.78 is 1.18. The quantitative estimate of drug-likeness (QED) is 0.0586. The molecule has 2 unspecified atom stereocenters. The summed E-state index contributed by atoms with van der Waals surface area (Å²) in [4.78, 5) is 11.5. The molecule has 5 saturated carbocycles. The normalized spacial score (nSPS) is 23.6. The molecule has 0 aromatic heterocycles. The van der Waals surface area contributed by atoms with Crippen LogP contribution < -0.4 is 49.1 Å². The monoisotopic (exact) mass is 2360 g/mol. The first kappa shape index (κ1) is 161. The fraction of sp³-hybridized carbons (Fsp3) is 1.00. The maximum atomic E-state index is 5.57. The minimum Gasteiger partial charge on any atom is -0.329 e. The molecule has 0 amide bonds. The average molecular weight is 2360 g/mol. The van der Waals surface area contributed by atoms with Crippen molar-refractivity contribution < 1.29 is 0 Å². The average Bonchev–Trinajstić information content (AvgIpc) is 1.70. The molecule has 9 aliphatic heterocycles. The molecule has 9 heterocycles. The summed E-state index contributed by atoms with van der Waals surface area (Å²) in [6.07, 6.45) is 38.1. The minimum absolute atomic E-state index is 0.0139. The number of unbranched alkanes of at least 4 members (excludes halogenated alkanes) is 1. The van der Waals surface area contributed by atoms with Crippen molar-refractivity contribution >= 4 is 265 Å². The Morgan fingerprint density at radius 2 is 0.878 bits per heavy atom. The van der Waals surface area contributed by atoms with Gasteiger partial charge in [-0.15, -0.1) is 0 Å². The summed E-state index contributed by atoms with van der Waals surface area (Å²) in [6.45, 7) is 66.0. The molecular formula is C104H238N14S21. The first-order valence-corrected chi connectivity index (χ1v) is 65.5. The number of nitrogens with zero attached hydrogens (tertiary/aromatic N) is 5. The lowest BCUT2D eigenvalue weighted by Gasteiger charge is -2.33. The van der Waals surface area contributed by atoms with E-state index in [-0.39, 0.29) is 16.3 Å². The summed E-state index contributed by atoms with van der Waals surface area (Å²) in [7, 11) is 8.35. The van der Waals surface area contributed by atoms with Gasteiger partial charge in [-0.1, -0.05) is 130 Å². The number of rotatable bonds is 18. The SMILES string of the molecule is CC(C)(C)CS.CC(C)(S)CN.CC(C)CS.CC(C)CS.CC(N)CS.CC1(S)CCCCC1.CC1(S)CNC1.CC1CC(S)C1.CC1CC(S)C1.CCC1(S)CC1.CCCCS.CCN(CC)CCS.CC[C@@H]1CCCN1.CN(C)CCS.CN1CC(S)C1.CN1CCC(S)CC1.NC1(CS)CC1.SC1CCCNC1.SC1CCNCC1.SC1CNC1.SCCN1CCCC1.SC[C@H]1CCCN1. The third-order valence-electron chi connectivity index (χ3n) is 23.4. The minimum atomic E-state index is 0.0139. The Bertz CT molecular complexity index is 2170. The maximum absolute atomic E-state index is 5.57. The lowest BCUT2D eigenvalue weighted by molar-refractivity contribution is 0.241. The first-order chi connectivity index (χ1) is 65.0. The van der Waals surface area contributed by atoms with E-state index in [1.165, 1.54) is 252 Å². The van der Waals surface area contributed by atoms with Crippen molar-refractivity contribution in [1.29, 1.82) is 0 Å². The molecule has 14 fully saturated rings. The van der Waals surface area contributed by atoms with E-state index in [1.54, 1.807) is 0 Å². The van der Waals surface area contributed by atoms with Crippen molar-refractivity contribution in [3.8, 4) is 0 Å². The molecule has 850 valence electrons. The van der Waals surface area contributed by atoms with Crippen LogP contribution in [0.5, 0.6) is 0 Å². The number of piperidine rings is 3. The van der Waals surface area contributed by atoms with E-state index >= 15 is 0 Å². The van der Waals surface area contributed by atoms with Crippen LogP contribution in [-0.4, -0.2) is 334 Å². The highest BCUT2D eigenvalue weighted by Crippen LogP contribution is 2.44. The largest absolute Gasteiger partial charge is 0.329 e. The van der Waals surface area contributed by atoms with Crippen LogP contribution >= 0.6 is 265 Å². The second-order valence-electron chi connectivity index (χ2n) is 43.3. The second-order valence-corrected chi connectivity index (χ2v) is 56.6. The lowest BCUT2D eigenvalue weighted by atomic mass is 9.87. The van der Waals surface area contributed by atoms with Crippen LogP contribution in [0.2, 0.25) is 0 Å². The third-order valence-corrected chi connectivity index (χ3v) is 33.1. The van der Waals surface area contributed by atoms with Crippen LogP contribution in [0.25, 0.3) is 0 Å². The molecule has 35 heteroatoms. The van der Waals surface area contributed by atoms with Crippen LogP contribution in [0.3, 0.4) is 0 Å². The summed E-state index contributed by atoms with van der Waals surface area (Å²) in [5, 5.41) is 24.2. The number of thiol groups is 21. The number of nitrogens with one attached hydrogen (secondary N) is 6. The standard InChI is InChI=1S/C7H14S.2C6H13NS.C6H15NS.C6H13N.3C5H11NS.3C5H10S.C5H12S.3C4H9NS.2C4H11NS.3C4H10S.C3H7NS.C3H9NS/c1-7(8)5-3-2-4-6-7;1-7-4-2-6(8)3-5-7;8-6-5-7-3-1-2-4-7;1-3-7(4-2)5-6-8;1-2-6-4-3-5-7-6;7-5-1-3-6-4-2-5;7-4-5-2-1-3-6-5;7-5-2-1-3-6-4-5;2*1-4-2-5(6)3-4;1-2-5(6)3-4-5;1-5(2,3)4-6;1-5-2-4(6)3-5;1-4(6)2-5-3-4;5-4(3-6)1-2-4;1-5(2)3-4-6;1-4(2,6)3-5;2*1-4(2)3-5;1-2-3-4-5;5-3-1-4-2-3;1-3(4)2-5/h8H,2-6H2,1H3;6,8H,2-5H2,1H3;8H,1-6H2;8H,3-6H2,1-2H3;6-7H,2-5H2,1H3;3*5-7H,1-4H2;2*4-6H,2-3H2,1H3;6H,2-4H2,1H3;6H,4H2,1-3H3;4,6H,2-3H2,1H3;5-6H,2-3H2,1H3;6H,1-3,5H2;6H,3-4H2,1-2H3;6H,3,5H2,1-2H3;2*4-5H,3H2,1-2H3;5H,2-4H2,1H3;3-5H,1-2H2;3,5H,2,4H2,1H3/t;;;;6-;;5-;;;;;;;;;;;;;;;/m....1.1.............../s1. The van der Waals surface area contributed by atoms with Gasteiger partial charge in [0.25, 0.3) is 0 Å². The van der Waals surface area contributed by atoms with Crippen LogP contribution in [-0.2, 0) is 0 Å². The zero-order valence-electron chi connectivity index (χ0n) is 93.6. The molecule has 0 spiro atoms. The number of hydrogen-bond donors (Lipinski definition) is 30. The van der Waals surface area contributed by atoms with Gasteiger partial charge in [0.05, 0.1) is 0 Å². The van der Waals surface area contributed by atoms with E-state index in [2.05, 4.69) is 446 Å². The van der Waals surface area contributed by atoms with Crippen LogP contribution in [0.15, 0.2) is 0 Å². The highest BCUT2D eigenvalue weighted by Gasteiger charge is 2.37. The van der Waals surface area contributed by atoms with Crippen molar-refractivity contribution in [2.75, 3.05) is 230 Å². The number of likely N-dealkylation sites (tertiary alicyclic amines) is 3. The van der Waals surface area contributed by atoms with Gasteiger partial charge in [0.2, 0.25) is 0 Å². The van der Waals surface area contributed by atoms with Crippen molar-refractivity contribution in [1.82, 2.24) is 56.4 Å². The van der Waals surface area contributed by atoms with Crippen molar-refractivity contribution in [3.63, 3.8) is 0 Å². The summed E-state index contributed by atoms with van der Waals surface area (Å²) >= 11 is 87.6. The highest BCUT2D eigenvalue weighted by atomic mass is 32.1. The van der Waals surface area contributed by atoms with Crippen LogP contribution in [0, 0.1) is 29.1 Å². The van der Waals surface area contributed by atoms with Crippen molar-refractivity contribution in [2.24, 2.45) is 46.3 Å². The Morgan fingerprint density at radius 3 is 1.00 bits per heavy atom. The number of nitrogens with two attached hydrogens (primary N) is 3. The molecule has 4 atom stereocenters. The maximum Gasteiger partial charge on any atom is 0.0350 e. The van der Waals surface area contributed by atoms with Gasteiger partial charge >= 0.3 is 0 Å². The van der Waals surface area contributed by atoms with Gasteiger partial charge in [-0.3, -0.25) is 0 Å². The zero-order chi connectivity index (χ0) is 108. The molecule has 0 bridgehead atoms. The van der Waals surface area contributed by atoms with Crippen LogP contribution in [0.1, 0.15) is 318 Å². The molecule has 14 rings (SSSR count). The topological polar surface area (TPSA) is 166 Å². The zero-order valence-corrected chi connectivity index (χ0v) is 112. The third kappa shape index (κ3) is 133. The van der Waals surface area contributed by atoms with E-state index in [1.807, 2.05) is 34.9 Å². The smallest absolute Gasteiger partial charge is 0.0350 e. The fourth-order valence-corrected chi connectivity index (χ4v) is 17.7. The highest BCUT2D eigenvalue weighted by molar-refractivity contribution is 7.84. The molecule has 12 N–H and O–H groups in total. The van der Waals surface area contributed by atoms with Gasteiger partial charge < -0.3 is 73.6 Å². The van der Waals surface area contributed by atoms with Crippen LogP contribution in [0.4, 0.5) is 0 Å².